The smallest absolute Gasteiger partial charge is 0.262 e. The van der Waals surface area contributed by atoms with E-state index in [4.69, 9.17) is 5.73 Å². The molecule has 0 radical (unpaired) electrons. The van der Waals surface area contributed by atoms with Gasteiger partial charge in [-0.15, -0.1) is 10.2 Å². The van der Waals surface area contributed by atoms with Gasteiger partial charge in [0.15, 0.2) is 5.82 Å². The number of piperidine rings is 1. The van der Waals surface area contributed by atoms with Crippen molar-refractivity contribution in [1.82, 2.24) is 30.6 Å². The van der Waals surface area contributed by atoms with Crippen molar-refractivity contribution in [3.05, 3.63) is 59.7 Å². The number of anilines is 3. The van der Waals surface area contributed by atoms with E-state index >= 15 is 0 Å². The van der Waals surface area contributed by atoms with Crippen LogP contribution >= 0.6 is 0 Å². The van der Waals surface area contributed by atoms with Crippen molar-refractivity contribution < 1.29 is 29.1 Å². The van der Waals surface area contributed by atoms with Crippen molar-refractivity contribution in [3.8, 4) is 17.0 Å². The summed E-state index contributed by atoms with van der Waals surface area (Å²) in [5.41, 5.74) is 9.33. The van der Waals surface area contributed by atoms with Crippen molar-refractivity contribution in [2.75, 3.05) is 61.8 Å². The lowest BCUT2D eigenvalue weighted by Gasteiger charge is -2.36. The van der Waals surface area contributed by atoms with E-state index in [1.165, 1.54) is 0 Å². The van der Waals surface area contributed by atoms with Gasteiger partial charge in [0.1, 0.15) is 11.8 Å². The van der Waals surface area contributed by atoms with E-state index in [2.05, 4.69) is 35.9 Å². The number of rotatable bonds is 15. The number of aromatic nitrogens is 2. The predicted molar refractivity (Wildman–Crippen MR) is 195 cm³/mol. The average Bonchev–Trinajstić information content (AvgIpc) is 3.38. The van der Waals surface area contributed by atoms with Crippen molar-refractivity contribution in [2.45, 2.75) is 57.4 Å². The fourth-order valence-electron chi connectivity index (χ4n) is 6.87. The summed E-state index contributed by atoms with van der Waals surface area (Å²) in [6.07, 6.45) is 6.29. The number of carbonyl (C=O) groups excluding carboxylic acids is 5. The summed E-state index contributed by atoms with van der Waals surface area (Å²) in [7, 11) is 0. The zero-order chi connectivity index (χ0) is 36.6. The van der Waals surface area contributed by atoms with Crippen molar-refractivity contribution in [3.63, 3.8) is 0 Å². The third kappa shape index (κ3) is 8.48. The molecule has 52 heavy (non-hydrogen) atoms. The minimum Gasteiger partial charge on any atom is -0.507 e. The Morgan fingerprint density at radius 2 is 1.56 bits per heavy atom. The molecule has 3 aliphatic rings. The Morgan fingerprint density at radius 3 is 2.31 bits per heavy atom. The molecule has 1 aromatic heterocycles. The molecule has 6 N–H and O–H groups in total. The summed E-state index contributed by atoms with van der Waals surface area (Å²) in [4.78, 5) is 67.5. The van der Waals surface area contributed by atoms with E-state index in [-0.39, 0.29) is 35.6 Å². The van der Waals surface area contributed by atoms with E-state index < -0.39 is 29.7 Å². The van der Waals surface area contributed by atoms with Gasteiger partial charge in [0, 0.05) is 56.9 Å². The molecule has 274 valence electrons. The van der Waals surface area contributed by atoms with Gasteiger partial charge in [-0.25, -0.2) is 0 Å². The quantitative estimate of drug-likeness (QED) is 0.114. The molecule has 1 atom stereocenters. The molecule has 0 aliphatic carbocycles. The van der Waals surface area contributed by atoms with E-state index in [0.29, 0.717) is 62.9 Å². The lowest BCUT2D eigenvalue weighted by Crippen LogP contribution is -2.54. The monoisotopic (exact) mass is 711 g/mol. The van der Waals surface area contributed by atoms with Gasteiger partial charge in [-0.3, -0.25) is 39.1 Å². The standard InChI is InChI=1S/C37H45N9O6/c38-34-30(22-28(42-43-34)26-9-5-6-10-31(26)47)45-19-17-44(18-20-45)23-33(49)40-16-8-4-2-1-3-7-15-39-24-11-12-25-27(21-24)37(52)46(36(25)51)29-13-14-32(48)41-35(29)50/h5-6,9-12,21-22,29,39,47H,1-4,7-8,13-20,23H2,(H2,38,43)(H,40,49)(H,41,48,50). The summed E-state index contributed by atoms with van der Waals surface area (Å²) in [6, 6.07) is 12.9. The fourth-order valence-corrected chi connectivity index (χ4v) is 6.87. The molecule has 0 spiro atoms. The number of carbonyl (C=O) groups is 5. The van der Waals surface area contributed by atoms with Crippen molar-refractivity contribution in [1.29, 1.82) is 0 Å². The first-order valence-corrected chi connectivity index (χ1v) is 17.9. The maximum absolute atomic E-state index is 13.0. The Bertz CT molecular complexity index is 1830. The van der Waals surface area contributed by atoms with Crippen LogP contribution in [-0.2, 0) is 14.4 Å². The molecular formula is C37H45N9O6. The highest BCUT2D eigenvalue weighted by atomic mass is 16.3. The number of imide groups is 2. The molecule has 5 amide bonds. The highest BCUT2D eigenvalue weighted by Crippen LogP contribution is 2.32. The number of amides is 5. The van der Waals surface area contributed by atoms with Crippen LogP contribution in [0.15, 0.2) is 48.5 Å². The minimum atomic E-state index is -0.975. The van der Waals surface area contributed by atoms with Crippen molar-refractivity contribution >= 4 is 46.7 Å². The molecule has 15 heteroatoms. The van der Waals surface area contributed by atoms with E-state index in [9.17, 15) is 29.1 Å². The van der Waals surface area contributed by atoms with Crippen LogP contribution < -0.4 is 26.6 Å². The number of fused-ring (bicyclic) bond motifs is 1. The van der Waals surface area contributed by atoms with Gasteiger partial charge in [0.2, 0.25) is 17.7 Å². The second-order valence-corrected chi connectivity index (χ2v) is 13.4. The van der Waals surface area contributed by atoms with Crippen LogP contribution in [0.5, 0.6) is 5.75 Å². The van der Waals surface area contributed by atoms with E-state index in [1.807, 2.05) is 12.1 Å². The summed E-state index contributed by atoms with van der Waals surface area (Å²) in [6.45, 7) is 4.52. The largest absolute Gasteiger partial charge is 0.507 e. The molecule has 1 unspecified atom stereocenters. The zero-order valence-electron chi connectivity index (χ0n) is 29.1. The van der Waals surface area contributed by atoms with E-state index in [0.717, 1.165) is 54.8 Å². The summed E-state index contributed by atoms with van der Waals surface area (Å²) >= 11 is 0. The molecule has 3 aliphatic heterocycles. The second-order valence-electron chi connectivity index (χ2n) is 13.4. The SMILES string of the molecule is Nc1nnc(-c2ccccc2O)cc1N1CCN(CC(=O)NCCCCCCCCNc2ccc3c(c2)C(=O)N(C2CCC(=O)NC2=O)C3=O)CC1. The highest BCUT2D eigenvalue weighted by Gasteiger charge is 2.44. The first-order valence-electron chi connectivity index (χ1n) is 17.9. The number of nitrogens with two attached hydrogens (primary N) is 1. The molecule has 2 saturated heterocycles. The van der Waals surface area contributed by atoms with Gasteiger partial charge < -0.3 is 26.4 Å². The molecular weight excluding hydrogens is 666 g/mol. The number of nitrogen functional groups attached to an aromatic ring is 1. The van der Waals surface area contributed by atoms with Gasteiger partial charge >= 0.3 is 0 Å². The number of aromatic hydroxyl groups is 1. The van der Waals surface area contributed by atoms with Gasteiger partial charge in [-0.1, -0.05) is 37.8 Å². The average molecular weight is 712 g/mol. The zero-order valence-corrected chi connectivity index (χ0v) is 29.1. The number of hydrogen-bond acceptors (Lipinski definition) is 12. The van der Waals surface area contributed by atoms with Crippen LogP contribution in [0.3, 0.4) is 0 Å². The van der Waals surface area contributed by atoms with Crippen LogP contribution in [-0.4, -0.2) is 106 Å². The molecule has 2 fully saturated rings. The Kier molecular flexibility index (Phi) is 11.6. The first-order chi connectivity index (χ1) is 25.2. The van der Waals surface area contributed by atoms with Gasteiger partial charge in [0.05, 0.1) is 29.1 Å². The normalized spacial score (nSPS) is 17.7. The number of hydrogen-bond donors (Lipinski definition) is 5. The molecule has 4 heterocycles. The Labute approximate surface area is 301 Å². The molecule has 0 saturated carbocycles. The van der Waals surface area contributed by atoms with Crippen molar-refractivity contribution in [2.24, 2.45) is 0 Å². The Morgan fingerprint density at radius 1 is 0.846 bits per heavy atom. The molecule has 2 aromatic carbocycles. The summed E-state index contributed by atoms with van der Waals surface area (Å²) in [5, 5.41) is 27.1. The van der Waals surface area contributed by atoms with Crippen LogP contribution in [0.1, 0.15) is 72.1 Å². The van der Waals surface area contributed by atoms with Gasteiger partial charge in [-0.05, 0) is 55.7 Å². The van der Waals surface area contributed by atoms with Gasteiger partial charge in [-0.2, -0.15) is 0 Å². The molecule has 15 nitrogen and oxygen atoms in total. The predicted octanol–water partition coefficient (Wildman–Crippen LogP) is 2.52. The third-order valence-corrected chi connectivity index (χ3v) is 9.76. The number of para-hydroxylation sites is 1. The van der Waals surface area contributed by atoms with Crippen LogP contribution in [0.2, 0.25) is 0 Å². The van der Waals surface area contributed by atoms with Crippen LogP contribution in [0, 0.1) is 0 Å². The lowest BCUT2D eigenvalue weighted by atomic mass is 10.0. The molecule has 6 rings (SSSR count). The number of piperazine rings is 1. The molecule has 0 bridgehead atoms. The lowest BCUT2D eigenvalue weighted by molar-refractivity contribution is -0.136. The summed E-state index contributed by atoms with van der Waals surface area (Å²) < 4.78 is 0. The maximum Gasteiger partial charge on any atom is 0.262 e. The number of unbranched alkanes of at least 4 members (excludes halogenated alkanes) is 5. The minimum absolute atomic E-state index is 0.0211. The Balaban J connectivity index is 0.816. The number of benzene rings is 2. The number of nitrogens with zero attached hydrogens (tertiary/aromatic N) is 5. The highest BCUT2D eigenvalue weighted by molar-refractivity contribution is 6.23. The van der Waals surface area contributed by atoms with Gasteiger partial charge in [0.25, 0.3) is 11.8 Å². The second kappa shape index (κ2) is 16.6. The maximum atomic E-state index is 13.0. The number of nitrogens with one attached hydrogen (secondary N) is 3. The van der Waals surface area contributed by atoms with E-state index in [1.54, 1.807) is 36.4 Å². The van der Waals surface area contributed by atoms with Crippen LogP contribution in [0.25, 0.3) is 11.3 Å². The first kappa shape index (κ1) is 36.2. The Hall–Kier alpha value is -5.57. The fraction of sp³-hybridized carbons (Fsp3) is 0.432. The topological polar surface area (TPSA) is 203 Å². The summed E-state index contributed by atoms with van der Waals surface area (Å²) in [5.74, 6) is -1.56. The number of phenols is 1. The number of phenolic OH excluding ortho intramolecular Hbond substituents is 1. The molecule has 3 aromatic rings. The third-order valence-electron chi connectivity index (χ3n) is 9.76. The van der Waals surface area contributed by atoms with Crippen LogP contribution in [0.4, 0.5) is 17.2 Å².